The van der Waals surface area contributed by atoms with E-state index in [9.17, 15) is 4.79 Å². The van der Waals surface area contributed by atoms with Crippen LogP contribution in [0.5, 0.6) is 0 Å². The molecule has 0 radical (unpaired) electrons. The van der Waals surface area contributed by atoms with Crippen LogP contribution < -0.4 is 10.6 Å². The van der Waals surface area contributed by atoms with Crippen molar-refractivity contribution in [3.63, 3.8) is 0 Å². The molecule has 1 aromatic rings. The number of hydrogen-bond donors (Lipinski definition) is 2. The molecular formula is C14H21BrN4O. The molecule has 1 saturated carbocycles. The number of carbonyl (C=O) groups excluding carboxylic acids is 1. The molecule has 0 spiro atoms. The second-order valence-corrected chi connectivity index (χ2v) is 6.07. The van der Waals surface area contributed by atoms with Crippen molar-refractivity contribution in [1.82, 2.24) is 15.3 Å². The predicted octanol–water partition coefficient (Wildman–Crippen LogP) is 2.83. The molecule has 0 aromatic carbocycles. The van der Waals surface area contributed by atoms with Gasteiger partial charge in [0, 0.05) is 31.0 Å². The summed E-state index contributed by atoms with van der Waals surface area (Å²) in [7, 11) is 0. The first-order valence-electron chi connectivity index (χ1n) is 7.16. The molecule has 1 amide bonds. The van der Waals surface area contributed by atoms with Crippen LogP contribution in [0.4, 0.5) is 5.82 Å². The average molecular weight is 341 g/mol. The Balaban J connectivity index is 1.80. The van der Waals surface area contributed by atoms with Crippen molar-refractivity contribution in [2.75, 3.05) is 11.9 Å². The quantitative estimate of drug-likeness (QED) is 0.749. The predicted molar refractivity (Wildman–Crippen MR) is 82.7 cm³/mol. The minimum Gasteiger partial charge on any atom is -0.369 e. The maximum Gasteiger partial charge on any atom is 0.221 e. The number of rotatable bonds is 7. The van der Waals surface area contributed by atoms with Crippen molar-refractivity contribution in [2.24, 2.45) is 0 Å². The summed E-state index contributed by atoms with van der Waals surface area (Å²) in [5.74, 6) is 2.26. The van der Waals surface area contributed by atoms with E-state index >= 15 is 0 Å². The van der Waals surface area contributed by atoms with Gasteiger partial charge >= 0.3 is 0 Å². The van der Waals surface area contributed by atoms with Crippen molar-refractivity contribution >= 4 is 27.7 Å². The highest BCUT2D eigenvalue weighted by Crippen LogP contribution is 2.38. The fourth-order valence-electron chi connectivity index (χ4n) is 1.80. The fourth-order valence-corrected chi connectivity index (χ4v) is 2.20. The molecule has 1 fully saturated rings. The van der Waals surface area contributed by atoms with Crippen LogP contribution >= 0.6 is 15.9 Å². The zero-order chi connectivity index (χ0) is 14.5. The summed E-state index contributed by atoms with van der Waals surface area (Å²) < 4.78 is 0.793. The molecule has 1 atom stereocenters. The monoisotopic (exact) mass is 340 g/mol. The number of carbonyl (C=O) groups is 1. The largest absolute Gasteiger partial charge is 0.369 e. The lowest BCUT2D eigenvalue weighted by atomic mass is 10.2. The molecular weight excluding hydrogens is 320 g/mol. The lowest BCUT2D eigenvalue weighted by molar-refractivity contribution is -0.121. The second-order valence-electron chi connectivity index (χ2n) is 5.26. The van der Waals surface area contributed by atoms with Gasteiger partial charge in [-0.15, -0.1) is 0 Å². The molecule has 1 heterocycles. The molecule has 20 heavy (non-hydrogen) atoms. The number of amides is 1. The fraction of sp³-hybridized carbons (Fsp3) is 0.643. The summed E-state index contributed by atoms with van der Waals surface area (Å²) in [6.45, 7) is 4.64. The first-order chi connectivity index (χ1) is 9.58. The van der Waals surface area contributed by atoms with Gasteiger partial charge in [-0.25, -0.2) is 9.97 Å². The molecule has 1 aromatic heterocycles. The number of nitrogens with zero attached hydrogens (tertiary/aromatic N) is 2. The van der Waals surface area contributed by atoms with Crippen LogP contribution in [0.2, 0.25) is 0 Å². The van der Waals surface area contributed by atoms with Crippen LogP contribution in [-0.2, 0) is 4.79 Å². The third-order valence-electron chi connectivity index (χ3n) is 3.33. The molecule has 0 aliphatic heterocycles. The van der Waals surface area contributed by atoms with Crippen molar-refractivity contribution in [3.8, 4) is 0 Å². The van der Waals surface area contributed by atoms with Crippen molar-refractivity contribution in [3.05, 3.63) is 16.5 Å². The molecule has 1 unspecified atom stereocenters. The Morgan fingerprint density at radius 2 is 2.25 bits per heavy atom. The number of nitrogens with one attached hydrogen (secondary N) is 2. The van der Waals surface area contributed by atoms with E-state index in [0.717, 1.165) is 22.7 Å². The van der Waals surface area contributed by atoms with E-state index in [1.165, 1.54) is 12.8 Å². The summed E-state index contributed by atoms with van der Waals surface area (Å²) in [6.07, 6.45) is 3.74. The Morgan fingerprint density at radius 1 is 1.50 bits per heavy atom. The lowest BCUT2D eigenvalue weighted by Gasteiger charge is -2.12. The van der Waals surface area contributed by atoms with Crippen LogP contribution in [0.25, 0.3) is 0 Å². The zero-order valence-electron chi connectivity index (χ0n) is 11.9. The number of anilines is 1. The molecule has 5 nitrogen and oxygen atoms in total. The number of aromatic nitrogens is 2. The van der Waals surface area contributed by atoms with Gasteiger partial charge in [0.1, 0.15) is 16.2 Å². The van der Waals surface area contributed by atoms with Crippen LogP contribution in [0.3, 0.4) is 0 Å². The second kappa shape index (κ2) is 7.02. The summed E-state index contributed by atoms with van der Waals surface area (Å²) in [5.41, 5.74) is 0. The van der Waals surface area contributed by atoms with Crippen molar-refractivity contribution in [1.29, 1.82) is 0 Å². The molecule has 110 valence electrons. The molecule has 1 aliphatic carbocycles. The first-order valence-corrected chi connectivity index (χ1v) is 7.95. The van der Waals surface area contributed by atoms with Crippen LogP contribution in [0.1, 0.15) is 51.3 Å². The van der Waals surface area contributed by atoms with Gasteiger partial charge in [0.15, 0.2) is 0 Å². The van der Waals surface area contributed by atoms with E-state index < -0.39 is 0 Å². The van der Waals surface area contributed by atoms with E-state index in [4.69, 9.17) is 0 Å². The molecule has 2 N–H and O–H groups in total. The smallest absolute Gasteiger partial charge is 0.221 e. The van der Waals surface area contributed by atoms with Gasteiger partial charge in [0.25, 0.3) is 0 Å². The van der Waals surface area contributed by atoms with E-state index in [-0.39, 0.29) is 11.9 Å². The Bertz CT molecular complexity index is 476. The summed E-state index contributed by atoms with van der Waals surface area (Å²) in [6, 6.07) is 2.08. The van der Waals surface area contributed by atoms with Crippen molar-refractivity contribution < 1.29 is 4.79 Å². The molecule has 1 aliphatic rings. The highest BCUT2D eigenvalue weighted by atomic mass is 79.9. The van der Waals surface area contributed by atoms with Gasteiger partial charge < -0.3 is 10.6 Å². The lowest BCUT2D eigenvalue weighted by Crippen LogP contribution is -2.33. The first kappa shape index (κ1) is 15.2. The molecule has 0 saturated heterocycles. The van der Waals surface area contributed by atoms with Crippen LogP contribution in [0.15, 0.2) is 10.7 Å². The van der Waals surface area contributed by atoms with E-state index in [1.54, 1.807) is 0 Å². The van der Waals surface area contributed by atoms with Crippen LogP contribution in [0, 0.1) is 0 Å². The van der Waals surface area contributed by atoms with Crippen molar-refractivity contribution in [2.45, 2.75) is 51.5 Å². The van der Waals surface area contributed by atoms with Gasteiger partial charge in [-0.2, -0.15) is 0 Å². The molecule has 6 heteroatoms. The normalized spacial score (nSPS) is 15.8. The number of halogens is 1. The Hall–Kier alpha value is -1.17. The van der Waals surface area contributed by atoms with Gasteiger partial charge in [0.05, 0.1) is 0 Å². The van der Waals surface area contributed by atoms with Gasteiger partial charge in [0.2, 0.25) is 5.91 Å². The summed E-state index contributed by atoms with van der Waals surface area (Å²) >= 11 is 3.40. The third kappa shape index (κ3) is 4.74. The maximum atomic E-state index is 11.7. The Kier molecular flexibility index (Phi) is 5.34. The minimum absolute atomic E-state index is 0.0717. The maximum absolute atomic E-state index is 11.7. The Labute approximate surface area is 128 Å². The number of hydrogen-bond acceptors (Lipinski definition) is 4. The topological polar surface area (TPSA) is 66.9 Å². The Morgan fingerprint density at radius 3 is 2.90 bits per heavy atom. The van der Waals surface area contributed by atoms with E-state index in [0.29, 0.717) is 18.9 Å². The van der Waals surface area contributed by atoms with Crippen LogP contribution in [-0.4, -0.2) is 28.5 Å². The van der Waals surface area contributed by atoms with E-state index in [1.807, 2.05) is 13.0 Å². The highest BCUT2D eigenvalue weighted by Gasteiger charge is 2.27. The third-order valence-corrected chi connectivity index (χ3v) is 3.74. The minimum atomic E-state index is 0.0717. The zero-order valence-corrected chi connectivity index (χ0v) is 13.5. The SMILES string of the molecule is CCC(C)NC(=O)CCNc1cc(Br)nc(C2CC2)n1. The van der Waals surface area contributed by atoms with Gasteiger partial charge in [-0.3, -0.25) is 4.79 Å². The average Bonchev–Trinajstić information content (AvgIpc) is 3.22. The summed E-state index contributed by atoms with van der Waals surface area (Å²) in [5, 5.41) is 6.13. The van der Waals surface area contributed by atoms with Gasteiger partial charge in [-0.05, 0) is 42.1 Å². The highest BCUT2D eigenvalue weighted by molar-refractivity contribution is 9.10. The molecule has 0 bridgehead atoms. The standard InChI is InChI=1S/C14H21BrN4O/c1-3-9(2)17-13(20)6-7-16-12-8-11(15)18-14(19-12)10-4-5-10/h8-10H,3-7H2,1-2H3,(H,17,20)(H,16,18,19). The summed E-state index contributed by atoms with van der Waals surface area (Å²) in [4.78, 5) is 20.5. The van der Waals surface area contributed by atoms with Gasteiger partial charge in [-0.1, -0.05) is 6.92 Å². The molecule has 2 rings (SSSR count). The van der Waals surface area contributed by atoms with E-state index in [2.05, 4.69) is 43.5 Å².